The molecule has 0 radical (unpaired) electrons. The van der Waals surface area contributed by atoms with E-state index < -0.39 is 24.0 Å². The maximum Gasteiger partial charge on any atom is 0.349 e. The van der Waals surface area contributed by atoms with E-state index in [-0.39, 0.29) is 11.5 Å². The molecule has 0 saturated heterocycles. The number of hydrogen-bond acceptors (Lipinski definition) is 5. The Labute approximate surface area is 147 Å². The molecule has 0 bridgehead atoms. The van der Waals surface area contributed by atoms with Crippen molar-refractivity contribution in [2.75, 3.05) is 6.61 Å². The molecule has 0 aliphatic carbocycles. The molecule has 6 heteroatoms. The summed E-state index contributed by atoms with van der Waals surface area (Å²) in [5.74, 6) is -1.60. The van der Waals surface area contributed by atoms with Crippen molar-refractivity contribution in [1.82, 2.24) is 5.32 Å². The molecule has 1 aromatic carbocycles. The lowest BCUT2D eigenvalue weighted by molar-refractivity contribution is -0.144. The fraction of sp³-hybridized carbons (Fsp3) is 0.368. The van der Waals surface area contributed by atoms with Gasteiger partial charge in [0.15, 0.2) is 6.61 Å². The zero-order valence-electron chi connectivity index (χ0n) is 14.8. The summed E-state index contributed by atoms with van der Waals surface area (Å²) in [6.45, 7) is 6.56. The van der Waals surface area contributed by atoms with Crippen molar-refractivity contribution in [3.05, 3.63) is 41.0 Å². The second-order valence-corrected chi connectivity index (χ2v) is 6.17. The lowest BCUT2D eigenvalue weighted by atomic mass is 9.90. The number of hydrogen-bond donors (Lipinski definition) is 1. The molecule has 0 unspecified atom stereocenters. The maximum absolute atomic E-state index is 12.0. The lowest BCUT2D eigenvalue weighted by Gasteiger charge is -2.27. The van der Waals surface area contributed by atoms with E-state index >= 15 is 0 Å². The Balaban J connectivity index is 2.71. The molecule has 0 aliphatic heterocycles. The van der Waals surface area contributed by atoms with Crippen molar-refractivity contribution >= 4 is 18.0 Å². The topological polar surface area (TPSA) is 103 Å². The molecular formula is C19H21N3O3. The van der Waals surface area contributed by atoms with Crippen LogP contribution >= 0.6 is 0 Å². The fourth-order valence-electron chi connectivity index (χ4n) is 1.80. The first-order valence-electron chi connectivity index (χ1n) is 7.79. The number of carbonyl (C=O) groups excluding carboxylic acids is 2. The Morgan fingerprint density at radius 3 is 2.36 bits per heavy atom. The van der Waals surface area contributed by atoms with E-state index in [0.717, 1.165) is 5.56 Å². The Kier molecular flexibility index (Phi) is 6.90. The van der Waals surface area contributed by atoms with Gasteiger partial charge in [0.1, 0.15) is 17.2 Å². The molecule has 1 rings (SSSR count). The highest BCUT2D eigenvalue weighted by molar-refractivity contribution is 5.98. The van der Waals surface area contributed by atoms with Gasteiger partial charge in [-0.1, -0.05) is 43.7 Å². The Morgan fingerprint density at radius 2 is 1.88 bits per heavy atom. The van der Waals surface area contributed by atoms with Crippen LogP contribution in [-0.4, -0.2) is 24.0 Å². The van der Waals surface area contributed by atoms with Gasteiger partial charge < -0.3 is 10.1 Å². The summed E-state index contributed by atoms with van der Waals surface area (Å²) in [5, 5.41) is 20.8. The quantitative estimate of drug-likeness (QED) is 0.487. The van der Waals surface area contributed by atoms with Crippen LogP contribution in [0.25, 0.3) is 6.08 Å². The van der Waals surface area contributed by atoms with E-state index in [2.05, 4.69) is 5.32 Å². The summed E-state index contributed by atoms with van der Waals surface area (Å²) in [6, 6.07) is 11.1. The van der Waals surface area contributed by atoms with Gasteiger partial charge in [0.05, 0.1) is 6.07 Å². The van der Waals surface area contributed by atoms with Crippen molar-refractivity contribution in [3.63, 3.8) is 0 Å². The minimum atomic E-state index is -1.06. The van der Waals surface area contributed by atoms with E-state index in [1.54, 1.807) is 39.0 Å². The standard InChI is InChI=1S/C19H21N3O3/c1-13(2)19(4,12-21)22-17(23)11-25-18(24)16(10-20)9-15-7-5-14(3)6-8-15/h5-9,13H,11H2,1-4H3,(H,22,23)/b16-9+/t19-/m1/s1. The first kappa shape index (κ1) is 19.9. The predicted octanol–water partition coefficient (Wildman–Crippen LogP) is 2.50. The van der Waals surface area contributed by atoms with Crippen LogP contribution < -0.4 is 5.32 Å². The smallest absolute Gasteiger partial charge is 0.349 e. The number of ether oxygens (including phenoxy) is 1. The third kappa shape index (κ3) is 5.78. The van der Waals surface area contributed by atoms with Crippen LogP contribution in [0.4, 0.5) is 0 Å². The van der Waals surface area contributed by atoms with Gasteiger partial charge in [-0.15, -0.1) is 0 Å². The molecule has 0 aliphatic rings. The van der Waals surface area contributed by atoms with Gasteiger partial charge in [0, 0.05) is 0 Å². The SMILES string of the molecule is Cc1ccc(/C=C(\C#N)C(=O)OCC(=O)N[C@](C)(C#N)C(C)C)cc1. The van der Waals surface area contributed by atoms with E-state index in [1.807, 2.05) is 25.1 Å². The van der Waals surface area contributed by atoms with Crippen molar-refractivity contribution in [2.24, 2.45) is 5.92 Å². The molecule has 130 valence electrons. The summed E-state index contributed by atoms with van der Waals surface area (Å²) in [5.41, 5.74) is 0.476. The third-order valence-electron chi connectivity index (χ3n) is 3.85. The van der Waals surface area contributed by atoms with Crippen LogP contribution in [0.5, 0.6) is 0 Å². The van der Waals surface area contributed by atoms with Crippen LogP contribution in [0.3, 0.4) is 0 Å². The van der Waals surface area contributed by atoms with E-state index in [0.29, 0.717) is 5.56 Å². The van der Waals surface area contributed by atoms with Crippen LogP contribution in [0.1, 0.15) is 31.9 Å². The van der Waals surface area contributed by atoms with E-state index in [4.69, 9.17) is 15.3 Å². The average molecular weight is 339 g/mol. The van der Waals surface area contributed by atoms with Gasteiger partial charge in [-0.05, 0) is 31.4 Å². The molecular weight excluding hydrogens is 318 g/mol. The highest BCUT2D eigenvalue weighted by atomic mass is 16.5. The van der Waals surface area contributed by atoms with Crippen molar-refractivity contribution in [1.29, 1.82) is 10.5 Å². The molecule has 0 spiro atoms. The summed E-state index contributed by atoms with van der Waals surface area (Å²) in [7, 11) is 0. The second kappa shape index (κ2) is 8.65. The largest absolute Gasteiger partial charge is 0.451 e. The molecule has 0 aromatic heterocycles. The maximum atomic E-state index is 12.0. The number of nitrogens with zero attached hydrogens (tertiary/aromatic N) is 2. The number of amides is 1. The first-order valence-corrected chi connectivity index (χ1v) is 7.79. The number of rotatable bonds is 6. The van der Waals surface area contributed by atoms with E-state index in [1.165, 1.54) is 6.08 Å². The minimum Gasteiger partial charge on any atom is -0.451 e. The highest BCUT2D eigenvalue weighted by Gasteiger charge is 2.30. The van der Waals surface area contributed by atoms with Crippen LogP contribution in [0.15, 0.2) is 29.8 Å². The number of carbonyl (C=O) groups is 2. The lowest BCUT2D eigenvalue weighted by Crippen LogP contribution is -2.50. The number of esters is 1. The molecule has 0 fully saturated rings. The monoisotopic (exact) mass is 339 g/mol. The molecule has 1 amide bonds. The molecule has 25 heavy (non-hydrogen) atoms. The zero-order valence-corrected chi connectivity index (χ0v) is 14.8. The zero-order chi connectivity index (χ0) is 19.0. The summed E-state index contributed by atoms with van der Waals surface area (Å²) < 4.78 is 4.87. The molecule has 1 atom stereocenters. The Hall–Kier alpha value is -3.12. The summed E-state index contributed by atoms with van der Waals surface area (Å²) in [4.78, 5) is 23.9. The van der Waals surface area contributed by atoms with Gasteiger partial charge in [-0.25, -0.2) is 4.79 Å². The number of nitriles is 2. The highest BCUT2D eigenvalue weighted by Crippen LogP contribution is 2.15. The van der Waals surface area contributed by atoms with Crippen molar-refractivity contribution in [2.45, 2.75) is 33.2 Å². The Morgan fingerprint density at radius 1 is 1.28 bits per heavy atom. The normalized spacial score (nSPS) is 13.3. The van der Waals surface area contributed by atoms with Crippen LogP contribution in [-0.2, 0) is 14.3 Å². The molecule has 6 nitrogen and oxygen atoms in total. The van der Waals surface area contributed by atoms with Gasteiger partial charge in [-0.2, -0.15) is 10.5 Å². The third-order valence-corrected chi connectivity index (χ3v) is 3.85. The van der Waals surface area contributed by atoms with Crippen molar-refractivity contribution in [3.8, 4) is 12.1 Å². The second-order valence-electron chi connectivity index (χ2n) is 6.17. The van der Waals surface area contributed by atoms with Gasteiger partial charge >= 0.3 is 5.97 Å². The first-order chi connectivity index (χ1) is 11.7. The molecule has 0 heterocycles. The van der Waals surface area contributed by atoms with Gasteiger partial charge in [0.2, 0.25) is 0 Å². The van der Waals surface area contributed by atoms with Gasteiger partial charge in [-0.3, -0.25) is 4.79 Å². The number of aryl methyl sites for hydroxylation is 1. The summed E-state index contributed by atoms with van der Waals surface area (Å²) >= 11 is 0. The molecule has 1 aromatic rings. The van der Waals surface area contributed by atoms with Crippen molar-refractivity contribution < 1.29 is 14.3 Å². The Bertz CT molecular complexity index is 752. The van der Waals surface area contributed by atoms with Gasteiger partial charge in [0.25, 0.3) is 5.91 Å². The number of nitrogens with one attached hydrogen (secondary N) is 1. The van der Waals surface area contributed by atoms with Crippen LogP contribution in [0.2, 0.25) is 0 Å². The summed E-state index contributed by atoms with van der Waals surface area (Å²) in [6.07, 6.45) is 1.40. The number of benzene rings is 1. The molecule has 1 N–H and O–H groups in total. The molecule has 0 saturated carbocycles. The minimum absolute atomic E-state index is 0.117. The van der Waals surface area contributed by atoms with Crippen LogP contribution in [0, 0.1) is 35.5 Å². The average Bonchev–Trinajstić information content (AvgIpc) is 2.58. The predicted molar refractivity (Wildman–Crippen MR) is 92.7 cm³/mol. The fourth-order valence-corrected chi connectivity index (χ4v) is 1.80. The van der Waals surface area contributed by atoms with E-state index in [9.17, 15) is 9.59 Å².